The third-order valence-electron chi connectivity index (χ3n) is 4.33. The largest absolute Gasteiger partial charge is 0.496 e. The highest BCUT2D eigenvalue weighted by Crippen LogP contribution is 2.34. The van der Waals surface area contributed by atoms with Crippen LogP contribution < -0.4 is 15.4 Å². The normalized spacial score (nSPS) is 10.6. The number of hydrogen-bond donors (Lipinski definition) is 2. The molecule has 0 radical (unpaired) electrons. The molecule has 0 unspecified atom stereocenters. The molecule has 0 bridgehead atoms. The van der Waals surface area contributed by atoms with E-state index in [2.05, 4.69) is 10.6 Å². The van der Waals surface area contributed by atoms with Crippen LogP contribution in [0.2, 0.25) is 5.02 Å². The van der Waals surface area contributed by atoms with Crippen LogP contribution >= 0.6 is 35.2 Å². The SMILES string of the molecule is COc1ccc(Cl)cc1C(=O)NC(=S)Nc1ccccc1-c1nc2ccccc2s1. The summed E-state index contributed by atoms with van der Waals surface area (Å²) in [6.45, 7) is 0. The van der Waals surface area contributed by atoms with Crippen molar-refractivity contribution < 1.29 is 9.53 Å². The van der Waals surface area contributed by atoms with E-state index in [4.69, 9.17) is 33.5 Å². The summed E-state index contributed by atoms with van der Waals surface area (Å²) in [5.41, 5.74) is 2.89. The van der Waals surface area contributed by atoms with Crippen molar-refractivity contribution in [1.82, 2.24) is 10.3 Å². The van der Waals surface area contributed by atoms with Gasteiger partial charge >= 0.3 is 0 Å². The molecule has 30 heavy (non-hydrogen) atoms. The number of carbonyl (C=O) groups is 1. The van der Waals surface area contributed by atoms with Crippen molar-refractivity contribution in [3.05, 3.63) is 77.3 Å². The Morgan fingerprint density at radius 3 is 2.67 bits per heavy atom. The van der Waals surface area contributed by atoms with Gasteiger partial charge in [0, 0.05) is 10.6 Å². The standard InChI is InChI=1S/C22H16ClN3O2S2/c1-28-18-11-10-13(23)12-15(18)20(27)26-22(29)25-16-7-3-2-6-14(16)21-24-17-8-4-5-9-19(17)30-21/h2-12H,1H3,(H2,25,26,27,29). The number of halogens is 1. The van der Waals surface area contributed by atoms with Crippen molar-refractivity contribution >= 4 is 62.1 Å². The van der Waals surface area contributed by atoms with E-state index >= 15 is 0 Å². The number of thiazole rings is 1. The van der Waals surface area contributed by atoms with E-state index in [1.165, 1.54) is 13.2 Å². The van der Waals surface area contributed by atoms with Gasteiger partial charge in [-0.05, 0) is 54.7 Å². The number of carbonyl (C=O) groups excluding carboxylic acids is 1. The zero-order chi connectivity index (χ0) is 21.1. The van der Waals surface area contributed by atoms with Crippen LogP contribution in [0.1, 0.15) is 10.4 Å². The molecular weight excluding hydrogens is 438 g/mol. The Balaban J connectivity index is 1.56. The number of nitrogens with one attached hydrogen (secondary N) is 2. The number of para-hydroxylation sites is 2. The Kier molecular flexibility index (Phi) is 5.94. The van der Waals surface area contributed by atoms with E-state index in [1.807, 2.05) is 48.5 Å². The maximum atomic E-state index is 12.7. The van der Waals surface area contributed by atoms with Gasteiger partial charge in [0.2, 0.25) is 0 Å². The highest BCUT2D eigenvalue weighted by atomic mass is 35.5. The smallest absolute Gasteiger partial charge is 0.261 e. The predicted molar refractivity (Wildman–Crippen MR) is 127 cm³/mol. The van der Waals surface area contributed by atoms with Crippen LogP contribution in [0.25, 0.3) is 20.8 Å². The number of anilines is 1. The molecule has 0 saturated heterocycles. The van der Waals surface area contributed by atoms with Gasteiger partial charge in [-0.15, -0.1) is 11.3 Å². The molecular formula is C22H16ClN3O2S2. The van der Waals surface area contributed by atoms with Crippen LogP contribution in [0, 0.1) is 0 Å². The van der Waals surface area contributed by atoms with Crippen molar-refractivity contribution in [2.45, 2.75) is 0 Å². The fourth-order valence-corrected chi connectivity index (χ4v) is 4.33. The number of nitrogens with zero attached hydrogens (tertiary/aromatic N) is 1. The maximum Gasteiger partial charge on any atom is 0.261 e. The molecule has 0 atom stereocenters. The average molecular weight is 454 g/mol. The summed E-state index contributed by atoms with van der Waals surface area (Å²) in [4.78, 5) is 17.4. The van der Waals surface area contributed by atoms with E-state index in [9.17, 15) is 4.79 Å². The summed E-state index contributed by atoms with van der Waals surface area (Å²) in [7, 11) is 1.49. The molecule has 0 aliphatic carbocycles. The molecule has 2 N–H and O–H groups in total. The summed E-state index contributed by atoms with van der Waals surface area (Å²) >= 11 is 13.0. The quantitative estimate of drug-likeness (QED) is 0.385. The Bertz CT molecular complexity index is 1220. The molecule has 4 rings (SSSR count). The van der Waals surface area contributed by atoms with E-state index in [-0.39, 0.29) is 5.11 Å². The van der Waals surface area contributed by atoms with E-state index in [0.29, 0.717) is 16.3 Å². The van der Waals surface area contributed by atoms with Gasteiger partial charge in [0.25, 0.3) is 5.91 Å². The lowest BCUT2D eigenvalue weighted by molar-refractivity contribution is 0.0975. The number of ether oxygens (including phenoxy) is 1. The summed E-state index contributed by atoms with van der Waals surface area (Å²) in [6.07, 6.45) is 0. The van der Waals surface area contributed by atoms with E-state index in [1.54, 1.807) is 23.5 Å². The van der Waals surface area contributed by atoms with Crippen LogP contribution in [0.15, 0.2) is 66.7 Å². The highest BCUT2D eigenvalue weighted by molar-refractivity contribution is 7.80. The summed E-state index contributed by atoms with van der Waals surface area (Å²) in [5, 5.41) is 7.24. The van der Waals surface area contributed by atoms with Gasteiger partial charge in [-0.25, -0.2) is 4.98 Å². The minimum atomic E-state index is -0.413. The fraction of sp³-hybridized carbons (Fsp3) is 0.0455. The maximum absolute atomic E-state index is 12.7. The number of benzene rings is 3. The molecule has 0 saturated carbocycles. The minimum Gasteiger partial charge on any atom is -0.496 e. The Morgan fingerprint density at radius 2 is 1.87 bits per heavy atom. The molecule has 150 valence electrons. The van der Waals surface area contributed by atoms with Gasteiger partial charge in [-0.3, -0.25) is 10.1 Å². The number of methoxy groups -OCH3 is 1. The highest BCUT2D eigenvalue weighted by Gasteiger charge is 2.16. The number of hydrogen-bond acceptors (Lipinski definition) is 5. The van der Waals surface area contributed by atoms with Crippen LogP contribution in [0.4, 0.5) is 5.69 Å². The van der Waals surface area contributed by atoms with Gasteiger partial charge in [0.05, 0.1) is 28.6 Å². The minimum absolute atomic E-state index is 0.163. The van der Waals surface area contributed by atoms with Gasteiger partial charge in [-0.1, -0.05) is 35.9 Å². The van der Waals surface area contributed by atoms with Crippen molar-refractivity contribution in [2.24, 2.45) is 0 Å². The molecule has 0 fully saturated rings. The second kappa shape index (κ2) is 8.79. The molecule has 0 aliphatic rings. The average Bonchev–Trinajstić information content (AvgIpc) is 3.18. The van der Waals surface area contributed by atoms with Crippen LogP contribution in [-0.4, -0.2) is 23.1 Å². The number of fused-ring (bicyclic) bond motifs is 1. The number of thiocarbonyl (C=S) groups is 1. The monoisotopic (exact) mass is 453 g/mol. The first-order chi connectivity index (χ1) is 14.5. The summed E-state index contributed by atoms with van der Waals surface area (Å²) in [5.74, 6) is -0.00102. The van der Waals surface area contributed by atoms with E-state index in [0.717, 1.165) is 26.5 Å². The van der Waals surface area contributed by atoms with Gasteiger partial charge < -0.3 is 10.1 Å². The van der Waals surface area contributed by atoms with Gasteiger partial charge in [-0.2, -0.15) is 0 Å². The van der Waals surface area contributed by atoms with Crippen LogP contribution in [0.3, 0.4) is 0 Å². The zero-order valence-electron chi connectivity index (χ0n) is 15.8. The molecule has 1 amide bonds. The Labute approximate surface area is 187 Å². The fourth-order valence-electron chi connectivity index (χ4n) is 2.95. The molecule has 0 aliphatic heterocycles. The van der Waals surface area contributed by atoms with Gasteiger partial charge in [0.15, 0.2) is 5.11 Å². The van der Waals surface area contributed by atoms with Crippen molar-refractivity contribution in [2.75, 3.05) is 12.4 Å². The van der Waals surface area contributed by atoms with Crippen LogP contribution in [0.5, 0.6) is 5.75 Å². The molecule has 5 nitrogen and oxygen atoms in total. The summed E-state index contributed by atoms with van der Waals surface area (Å²) in [6, 6.07) is 20.5. The molecule has 0 spiro atoms. The Morgan fingerprint density at radius 1 is 1.10 bits per heavy atom. The number of aromatic nitrogens is 1. The lowest BCUT2D eigenvalue weighted by Crippen LogP contribution is -2.34. The predicted octanol–water partition coefficient (Wildman–Crippen LogP) is 5.75. The molecule has 4 aromatic rings. The van der Waals surface area contributed by atoms with Crippen molar-refractivity contribution in [1.29, 1.82) is 0 Å². The number of rotatable bonds is 4. The first kappa shape index (κ1) is 20.3. The second-order valence-electron chi connectivity index (χ2n) is 6.29. The second-order valence-corrected chi connectivity index (χ2v) is 8.16. The van der Waals surface area contributed by atoms with Crippen molar-refractivity contribution in [3.63, 3.8) is 0 Å². The molecule has 1 heterocycles. The zero-order valence-corrected chi connectivity index (χ0v) is 18.2. The Hall–Kier alpha value is -3.00. The first-order valence-corrected chi connectivity index (χ1v) is 10.6. The lowest BCUT2D eigenvalue weighted by Gasteiger charge is -2.13. The molecule has 1 aromatic heterocycles. The molecule has 3 aromatic carbocycles. The topological polar surface area (TPSA) is 63.2 Å². The van der Waals surface area contributed by atoms with Crippen molar-refractivity contribution in [3.8, 4) is 16.3 Å². The van der Waals surface area contributed by atoms with Crippen LogP contribution in [-0.2, 0) is 0 Å². The number of amides is 1. The summed E-state index contributed by atoms with van der Waals surface area (Å²) < 4.78 is 6.34. The molecule has 8 heteroatoms. The third kappa shape index (κ3) is 4.28. The van der Waals surface area contributed by atoms with E-state index < -0.39 is 5.91 Å². The lowest BCUT2D eigenvalue weighted by atomic mass is 10.2. The first-order valence-electron chi connectivity index (χ1n) is 8.96. The third-order valence-corrected chi connectivity index (χ3v) is 5.84. The van der Waals surface area contributed by atoms with Gasteiger partial charge in [0.1, 0.15) is 10.8 Å².